The monoisotopic (exact) mass is 279 g/mol. The Morgan fingerprint density at radius 3 is 2.95 bits per heavy atom. The van der Waals surface area contributed by atoms with Gasteiger partial charge >= 0.3 is 0 Å². The van der Waals surface area contributed by atoms with Gasteiger partial charge in [0.2, 0.25) is 0 Å². The van der Waals surface area contributed by atoms with Gasteiger partial charge in [-0.1, -0.05) is 0 Å². The van der Waals surface area contributed by atoms with Crippen LogP contribution < -0.4 is 5.73 Å². The van der Waals surface area contributed by atoms with Crippen molar-refractivity contribution in [2.75, 3.05) is 32.5 Å². The zero-order chi connectivity index (χ0) is 14.7. The maximum Gasteiger partial charge on any atom is 0.270 e. The average molecular weight is 279 g/mol. The van der Waals surface area contributed by atoms with Crippen molar-refractivity contribution >= 4 is 11.6 Å². The number of anilines is 1. The van der Waals surface area contributed by atoms with Gasteiger partial charge in [-0.2, -0.15) is 0 Å². The summed E-state index contributed by atoms with van der Waals surface area (Å²) < 4.78 is 7.41. The van der Waals surface area contributed by atoms with Gasteiger partial charge in [-0.25, -0.2) is 0 Å². The quantitative estimate of drug-likeness (QED) is 0.918. The Labute approximate surface area is 120 Å². The summed E-state index contributed by atoms with van der Waals surface area (Å²) in [4.78, 5) is 14.4. The lowest BCUT2D eigenvalue weighted by molar-refractivity contribution is 0.0385. The Hall–Kier alpha value is -1.49. The van der Waals surface area contributed by atoms with Crippen molar-refractivity contribution in [3.05, 3.63) is 18.0 Å². The number of carbonyl (C=O) groups is 1. The summed E-state index contributed by atoms with van der Waals surface area (Å²) >= 11 is 0. The highest BCUT2D eigenvalue weighted by atomic mass is 16.5. The Kier molecular flexibility index (Phi) is 4.70. The fourth-order valence-corrected chi connectivity index (χ4v) is 2.72. The molecular formula is C15H25N3O2. The van der Waals surface area contributed by atoms with Gasteiger partial charge in [-0.15, -0.1) is 0 Å². The first-order valence-electron chi connectivity index (χ1n) is 7.29. The van der Waals surface area contributed by atoms with Gasteiger partial charge in [0.15, 0.2) is 0 Å². The second-order valence-corrected chi connectivity index (χ2v) is 5.93. The van der Waals surface area contributed by atoms with Crippen LogP contribution in [0.1, 0.15) is 43.2 Å². The number of carbonyl (C=O) groups excluding carboxylic acids is 1. The van der Waals surface area contributed by atoms with E-state index in [1.165, 1.54) is 0 Å². The van der Waals surface area contributed by atoms with Crippen LogP contribution in [0, 0.1) is 5.92 Å². The fraction of sp³-hybridized carbons (Fsp3) is 0.667. The number of ether oxygens (including phenoxy) is 1. The minimum Gasteiger partial charge on any atom is -0.397 e. The third-order valence-corrected chi connectivity index (χ3v) is 3.78. The molecular weight excluding hydrogens is 254 g/mol. The van der Waals surface area contributed by atoms with Gasteiger partial charge in [0.1, 0.15) is 5.69 Å². The molecule has 1 amide bonds. The van der Waals surface area contributed by atoms with Crippen molar-refractivity contribution in [3.8, 4) is 0 Å². The van der Waals surface area contributed by atoms with E-state index in [2.05, 4.69) is 0 Å². The molecule has 20 heavy (non-hydrogen) atoms. The molecule has 0 saturated carbocycles. The molecule has 0 bridgehead atoms. The number of aromatic nitrogens is 1. The first-order chi connectivity index (χ1) is 9.49. The lowest BCUT2D eigenvalue weighted by Gasteiger charge is -2.27. The first-order valence-corrected chi connectivity index (χ1v) is 7.29. The Balaban J connectivity index is 2.06. The molecule has 0 aromatic carbocycles. The van der Waals surface area contributed by atoms with Gasteiger partial charge in [0.05, 0.1) is 12.3 Å². The van der Waals surface area contributed by atoms with Crippen LogP contribution in [0.3, 0.4) is 0 Å². The highest BCUT2D eigenvalue weighted by molar-refractivity contribution is 5.93. The summed E-state index contributed by atoms with van der Waals surface area (Å²) in [6.07, 6.45) is 4.04. The van der Waals surface area contributed by atoms with Gasteiger partial charge < -0.3 is 19.9 Å². The van der Waals surface area contributed by atoms with Crippen LogP contribution in [-0.2, 0) is 4.74 Å². The third kappa shape index (κ3) is 3.33. The Morgan fingerprint density at radius 2 is 2.35 bits per heavy atom. The van der Waals surface area contributed by atoms with Gasteiger partial charge in [0.25, 0.3) is 5.91 Å². The smallest absolute Gasteiger partial charge is 0.270 e. The molecule has 1 unspecified atom stereocenters. The summed E-state index contributed by atoms with van der Waals surface area (Å²) in [5, 5.41) is 0. The average Bonchev–Trinajstić information content (AvgIpc) is 2.81. The SMILES string of the molecule is CC(C)n1cc(N)cc1C(=O)N(C)CC1CCCOC1. The van der Waals surface area contributed by atoms with Crippen LogP contribution in [0.5, 0.6) is 0 Å². The molecule has 1 aliphatic rings. The minimum atomic E-state index is 0.0287. The molecule has 1 aromatic heterocycles. The van der Waals surface area contributed by atoms with E-state index in [-0.39, 0.29) is 11.9 Å². The highest BCUT2D eigenvalue weighted by Gasteiger charge is 2.22. The maximum atomic E-state index is 12.6. The lowest BCUT2D eigenvalue weighted by atomic mass is 10.0. The molecule has 1 atom stereocenters. The highest BCUT2D eigenvalue weighted by Crippen LogP contribution is 2.20. The number of nitrogens with zero attached hydrogens (tertiary/aromatic N) is 2. The third-order valence-electron chi connectivity index (χ3n) is 3.78. The molecule has 2 heterocycles. The minimum absolute atomic E-state index is 0.0287. The molecule has 5 heteroatoms. The van der Waals surface area contributed by atoms with Gasteiger partial charge in [0, 0.05) is 32.4 Å². The van der Waals surface area contributed by atoms with E-state index in [4.69, 9.17) is 10.5 Å². The molecule has 112 valence electrons. The molecule has 1 fully saturated rings. The van der Waals surface area contributed by atoms with Crippen molar-refractivity contribution in [1.82, 2.24) is 9.47 Å². The van der Waals surface area contributed by atoms with Crippen LogP contribution >= 0.6 is 0 Å². The van der Waals surface area contributed by atoms with Crippen molar-refractivity contribution in [2.24, 2.45) is 5.92 Å². The molecule has 5 nitrogen and oxygen atoms in total. The van der Waals surface area contributed by atoms with E-state index in [0.717, 1.165) is 32.6 Å². The largest absolute Gasteiger partial charge is 0.397 e. The van der Waals surface area contributed by atoms with E-state index in [1.807, 2.05) is 31.7 Å². The number of hydrogen-bond acceptors (Lipinski definition) is 3. The predicted molar refractivity (Wildman–Crippen MR) is 79.7 cm³/mol. The lowest BCUT2D eigenvalue weighted by Crippen LogP contribution is -2.36. The Morgan fingerprint density at radius 1 is 1.60 bits per heavy atom. The number of nitrogen functional groups attached to an aromatic ring is 1. The zero-order valence-corrected chi connectivity index (χ0v) is 12.6. The molecule has 2 rings (SSSR count). The van der Waals surface area contributed by atoms with E-state index in [1.54, 1.807) is 11.0 Å². The standard InChI is InChI=1S/C15H25N3O2/c1-11(2)18-9-13(16)7-14(18)15(19)17(3)8-12-5-4-6-20-10-12/h7,9,11-12H,4-6,8,10,16H2,1-3H3. The summed E-state index contributed by atoms with van der Waals surface area (Å²) in [5.74, 6) is 0.471. The second-order valence-electron chi connectivity index (χ2n) is 5.93. The van der Waals surface area contributed by atoms with Crippen molar-refractivity contribution in [2.45, 2.75) is 32.7 Å². The maximum absolute atomic E-state index is 12.6. The summed E-state index contributed by atoms with van der Waals surface area (Å²) in [6, 6.07) is 1.98. The van der Waals surface area contributed by atoms with Crippen molar-refractivity contribution < 1.29 is 9.53 Å². The molecule has 2 N–H and O–H groups in total. The predicted octanol–water partition coefficient (Wildman–Crippen LogP) is 2.15. The zero-order valence-electron chi connectivity index (χ0n) is 12.6. The number of hydrogen-bond donors (Lipinski definition) is 1. The van der Waals surface area contributed by atoms with Crippen LogP contribution in [0.15, 0.2) is 12.3 Å². The molecule has 0 radical (unpaired) electrons. The molecule has 1 aromatic rings. The topological polar surface area (TPSA) is 60.5 Å². The molecule has 0 aliphatic carbocycles. The Bertz CT molecular complexity index is 462. The van der Waals surface area contributed by atoms with E-state index >= 15 is 0 Å². The normalized spacial score (nSPS) is 19.3. The van der Waals surface area contributed by atoms with E-state index in [0.29, 0.717) is 17.3 Å². The second kappa shape index (κ2) is 6.31. The van der Waals surface area contributed by atoms with E-state index in [9.17, 15) is 4.79 Å². The summed E-state index contributed by atoms with van der Waals surface area (Å²) in [5.41, 5.74) is 7.13. The number of rotatable bonds is 4. The van der Waals surface area contributed by atoms with Gasteiger partial charge in [-0.3, -0.25) is 4.79 Å². The first kappa shape index (κ1) is 14.9. The van der Waals surface area contributed by atoms with Crippen LogP contribution in [-0.4, -0.2) is 42.2 Å². The van der Waals surface area contributed by atoms with Gasteiger partial charge in [-0.05, 0) is 38.7 Å². The summed E-state index contributed by atoms with van der Waals surface area (Å²) in [7, 11) is 1.85. The van der Waals surface area contributed by atoms with Crippen LogP contribution in [0.25, 0.3) is 0 Å². The number of nitrogens with two attached hydrogens (primary N) is 1. The fourth-order valence-electron chi connectivity index (χ4n) is 2.72. The molecule has 0 spiro atoms. The van der Waals surface area contributed by atoms with Crippen molar-refractivity contribution in [1.29, 1.82) is 0 Å². The van der Waals surface area contributed by atoms with E-state index < -0.39 is 0 Å². The number of amides is 1. The summed E-state index contributed by atoms with van der Waals surface area (Å²) in [6.45, 7) is 6.43. The van der Waals surface area contributed by atoms with Crippen molar-refractivity contribution in [3.63, 3.8) is 0 Å². The van der Waals surface area contributed by atoms with Crippen LogP contribution in [0.4, 0.5) is 5.69 Å². The molecule has 1 aliphatic heterocycles. The van der Waals surface area contributed by atoms with Crippen LogP contribution in [0.2, 0.25) is 0 Å². The molecule has 1 saturated heterocycles.